The van der Waals surface area contributed by atoms with Crippen LogP contribution in [-0.2, 0) is 18.3 Å². The summed E-state index contributed by atoms with van der Waals surface area (Å²) in [6.45, 7) is 3.06. The van der Waals surface area contributed by atoms with E-state index >= 15 is 0 Å². The molecule has 2 aromatic carbocycles. The summed E-state index contributed by atoms with van der Waals surface area (Å²) < 4.78 is 1.58. The predicted molar refractivity (Wildman–Crippen MR) is 115 cm³/mol. The van der Waals surface area contributed by atoms with Gasteiger partial charge in [0.2, 0.25) is 5.91 Å². The standard InChI is InChI=1S/C23H28N4O2/c1-25(21(16-27-12-6-7-13-27)18-8-4-3-5-9-18)22(28)15-17-10-11-20-19(14-17)24-23(29)26(20)2/h3-5,8-11,14,21H,6-7,12-13,15-16H2,1-2H3,(H,24,29)/t21-/m1/s1. The van der Waals surface area contributed by atoms with Crippen molar-refractivity contribution in [2.45, 2.75) is 25.3 Å². The zero-order valence-corrected chi connectivity index (χ0v) is 17.1. The van der Waals surface area contributed by atoms with Crippen LogP contribution in [0.4, 0.5) is 0 Å². The second-order valence-corrected chi connectivity index (χ2v) is 7.96. The summed E-state index contributed by atoms with van der Waals surface area (Å²) in [5.74, 6) is 0.0793. The Kier molecular flexibility index (Phi) is 5.53. The van der Waals surface area contributed by atoms with E-state index in [0.717, 1.165) is 41.8 Å². The Labute approximate surface area is 170 Å². The molecule has 4 rings (SSSR count). The molecule has 1 N–H and O–H groups in total. The SMILES string of the molecule is CN(C(=O)Cc1ccc2c(c1)[nH]c(=O)n2C)[C@H](CN1CCCC1)c1ccccc1. The normalized spacial score (nSPS) is 15.7. The number of hydrogen-bond acceptors (Lipinski definition) is 3. The van der Waals surface area contributed by atoms with Crippen molar-refractivity contribution in [1.82, 2.24) is 19.4 Å². The average molecular weight is 393 g/mol. The minimum Gasteiger partial charge on any atom is -0.337 e. The monoisotopic (exact) mass is 392 g/mol. The molecule has 1 aliphatic heterocycles. The van der Waals surface area contributed by atoms with Crippen molar-refractivity contribution in [3.05, 3.63) is 70.1 Å². The Morgan fingerprint density at radius 2 is 1.86 bits per heavy atom. The van der Waals surface area contributed by atoms with Crippen molar-refractivity contribution in [2.24, 2.45) is 7.05 Å². The molecule has 0 saturated carbocycles. The first-order chi connectivity index (χ1) is 14.0. The van der Waals surface area contributed by atoms with Gasteiger partial charge in [-0.25, -0.2) is 4.79 Å². The first-order valence-electron chi connectivity index (χ1n) is 10.2. The van der Waals surface area contributed by atoms with Crippen LogP contribution in [0.3, 0.4) is 0 Å². The minimum absolute atomic E-state index is 0.0297. The van der Waals surface area contributed by atoms with Crippen LogP contribution in [0.15, 0.2) is 53.3 Å². The molecule has 0 radical (unpaired) electrons. The number of aryl methyl sites for hydroxylation is 1. The molecule has 152 valence electrons. The summed E-state index contributed by atoms with van der Waals surface area (Å²) in [6, 6.07) is 16.0. The van der Waals surface area contributed by atoms with E-state index in [9.17, 15) is 9.59 Å². The second-order valence-electron chi connectivity index (χ2n) is 7.96. The van der Waals surface area contributed by atoms with E-state index in [0.29, 0.717) is 6.42 Å². The minimum atomic E-state index is -0.143. The van der Waals surface area contributed by atoms with Gasteiger partial charge >= 0.3 is 5.69 Å². The molecule has 0 unspecified atom stereocenters. The fraction of sp³-hybridized carbons (Fsp3) is 0.391. The van der Waals surface area contributed by atoms with Crippen LogP contribution < -0.4 is 5.69 Å². The maximum Gasteiger partial charge on any atom is 0.326 e. The van der Waals surface area contributed by atoms with Crippen LogP contribution >= 0.6 is 0 Å². The fourth-order valence-corrected chi connectivity index (χ4v) is 4.20. The number of amides is 1. The molecule has 3 aromatic rings. The van der Waals surface area contributed by atoms with Gasteiger partial charge in [-0.05, 0) is 49.2 Å². The molecule has 1 saturated heterocycles. The molecule has 2 heterocycles. The third-order valence-electron chi connectivity index (χ3n) is 6.00. The molecule has 0 spiro atoms. The van der Waals surface area contributed by atoms with Crippen molar-refractivity contribution in [1.29, 1.82) is 0 Å². The van der Waals surface area contributed by atoms with E-state index in [-0.39, 0.29) is 17.6 Å². The second kappa shape index (κ2) is 8.25. The third kappa shape index (κ3) is 4.12. The number of hydrogen-bond donors (Lipinski definition) is 1. The summed E-state index contributed by atoms with van der Waals surface area (Å²) >= 11 is 0. The number of aromatic nitrogens is 2. The predicted octanol–water partition coefficient (Wildman–Crippen LogP) is 2.70. The van der Waals surface area contributed by atoms with Crippen LogP contribution in [0.25, 0.3) is 11.0 Å². The van der Waals surface area contributed by atoms with E-state index < -0.39 is 0 Å². The molecule has 29 heavy (non-hydrogen) atoms. The van der Waals surface area contributed by atoms with Gasteiger partial charge in [-0.15, -0.1) is 0 Å². The number of benzene rings is 2. The summed E-state index contributed by atoms with van der Waals surface area (Å²) in [6.07, 6.45) is 2.77. The molecular weight excluding hydrogens is 364 g/mol. The molecule has 1 amide bonds. The lowest BCUT2D eigenvalue weighted by Gasteiger charge is -2.32. The number of rotatable bonds is 6. The number of fused-ring (bicyclic) bond motifs is 1. The van der Waals surface area contributed by atoms with Crippen molar-refractivity contribution in [2.75, 3.05) is 26.7 Å². The van der Waals surface area contributed by atoms with Crippen molar-refractivity contribution in [3.8, 4) is 0 Å². The number of carbonyl (C=O) groups is 1. The van der Waals surface area contributed by atoms with Gasteiger partial charge < -0.3 is 14.8 Å². The summed E-state index contributed by atoms with van der Waals surface area (Å²) in [5.41, 5.74) is 3.54. The number of nitrogens with zero attached hydrogens (tertiary/aromatic N) is 3. The van der Waals surface area contributed by atoms with Crippen LogP contribution in [0.1, 0.15) is 30.0 Å². The summed E-state index contributed by atoms with van der Waals surface area (Å²) in [7, 11) is 3.64. The van der Waals surface area contributed by atoms with Crippen LogP contribution in [0, 0.1) is 0 Å². The smallest absolute Gasteiger partial charge is 0.326 e. The van der Waals surface area contributed by atoms with E-state index in [1.165, 1.54) is 12.8 Å². The Hall–Kier alpha value is -2.86. The van der Waals surface area contributed by atoms with Gasteiger partial charge in [-0.1, -0.05) is 36.4 Å². The number of carbonyl (C=O) groups excluding carboxylic acids is 1. The molecule has 1 aromatic heterocycles. The zero-order valence-electron chi connectivity index (χ0n) is 17.1. The average Bonchev–Trinajstić information content (AvgIpc) is 3.34. The largest absolute Gasteiger partial charge is 0.337 e. The summed E-state index contributed by atoms with van der Waals surface area (Å²) in [4.78, 5) is 32.1. The molecule has 1 fully saturated rings. The first kappa shape index (κ1) is 19.5. The van der Waals surface area contributed by atoms with Gasteiger partial charge in [0.25, 0.3) is 0 Å². The van der Waals surface area contributed by atoms with Gasteiger partial charge in [0.05, 0.1) is 23.5 Å². The number of nitrogens with one attached hydrogen (secondary N) is 1. The molecule has 0 bridgehead atoms. The lowest BCUT2D eigenvalue weighted by Crippen LogP contribution is -2.39. The third-order valence-corrected chi connectivity index (χ3v) is 6.00. The number of likely N-dealkylation sites (tertiary alicyclic amines) is 1. The Morgan fingerprint density at radius 3 is 2.59 bits per heavy atom. The Balaban J connectivity index is 1.54. The topological polar surface area (TPSA) is 61.3 Å². The number of likely N-dealkylation sites (N-methyl/N-ethyl adjacent to an activating group) is 1. The maximum atomic E-state index is 13.1. The van der Waals surface area contributed by atoms with Gasteiger partial charge in [-0.2, -0.15) is 0 Å². The van der Waals surface area contributed by atoms with Crippen molar-refractivity contribution < 1.29 is 4.79 Å². The molecule has 0 aliphatic carbocycles. The van der Waals surface area contributed by atoms with E-state index in [2.05, 4.69) is 22.0 Å². The van der Waals surface area contributed by atoms with Crippen molar-refractivity contribution in [3.63, 3.8) is 0 Å². The maximum absolute atomic E-state index is 13.1. The fourth-order valence-electron chi connectivity index (χ4n) is 4.20. The van der Waals surface area contributed by atoms with Gasteiger partial charge in [0.15, 0.2) is 0 Å². The Morgan fingerprint density at radius 1 is 1.14 bits per heavy atom. The molecular formula is C23H28N4O2. The van der Waals surface area contributed by atoms with Crippen LogP contribution in [-0.4, -0.2) is 51.9 Å². The quantitative estimate of drug-likeness (QED) is 0.702. The van der Waals surface area contributed by atoms with Gasteiger partial charge in [0, 0.05) is 20.6 Å². The molecule has 1 atom stereocenters. The van der Waals surface area contributed by atoms with E-state index in [4.69, 9.17) is 0 Å². The first-order valence-corrected chi connectivity index (χ1v) is 10.2. The van der Waals surface area contributed by atoms with Crippen LogP contribution in [0.5, 0.6) is 0 Å². The highest BCUT2D eigenvalue weighted by Gasteiger charge is 2.25. The lowest BCUT2D eigenvalue weighted by molar-refractivity contribution is -0.131. The molecule has 6 heteroatoms. The van der Waals surface area contributed by atoms with Gasteiger partial charge in [0.1, 0.15) is 0 Å². The van der Waals surface area contributed by atoms with Crippen LogP contribution in [0.2, 0.25) is 0 Å². The number of aromatic amines is 1. The highest BCUT2D eigenvalue weighted by atomic mass is 16.2. The molecule has 1 aliphatic rings. The number of H-pyrrole nitrogens is 1. The van der Waals surface area contributed by atoms with Gasteiger partial charge in [-0.3, -0.25) is 9.36 Å². The lowest BCUT2D eigenvalue weighted by atomic mass is 10.0. The highest BCUT2D eigenvalue weighted by Crippen LogP contribution is 2.24. The zero-order chi connectivity index (χ0) is 20.4. The Bertz CT molecular complexity index is 1050. The van der Waals surface area contributed by atoms with E-state index in [1.807, 2.05) is 48.3 Å². The highest BCUT2D eigenvalue weighted by molar-refractivity contribution is 5.82. The van der Waals surface area contributed by atoms with Crippen molar-refractivity contribution >= 4 is 16.9 Å². The number of imidazole rings is 1. The molecule has 6 nitrogen and oxygen atoms in total. The summed E-state index contributed by atoms with van der Waals surface area (Å²) in [5, 5.41) is 0. The van der Waals surface area contributed by atoms with E-state index in [1.54, 1.807) is 11.6 Å².